The summed E-state index contributed by atoms with van der Waals surface area (Å²) in [7, 11) is 0. The highest BCUT2D eigenvalue weighted by molar-refractivity contribution is 5.56. The molecule has 0 spiro atoms. The lowest BCUT2D eigenvalue weighted by Gasteiger charge is -2.06. The Balaban J connectivity index is 2.66. The number of hydrogen-bond acceptors (Lipinski definition) is 1. The van der Waals surface area contributed by atoms with Crippen LogP contribution in [0.25, 0.3) is 11.4 Å². The van der Waals surface area contributed by atoms with Crippen LogP contribution in [0.2, 0.25) is 0 Å². The SMILES string of the molecule is CCn1cccc2ccnc1-2. The zero-order chi connectivity index (χ0) is 7.68. The normalized spacial score (nSPS) is 10.6. The minimum absolute atomic E-state index is 0.981. The first-order chi connectivity index (χ1) is 5.42. The van der Waals surface area contributed by atoms with Gasteiger partial charge in [-0.1, -0.05) is 0 Å². The van der Waals surface area contributed by atoms with E-state index in [1.54, 1.807) is 0 Å². The molecule has 2 heterocycles. The number of hydrogen-bond donors (Lipinski definition) is 0. The summed E-state index contributed by atoms with van der Waals surface area (Å²) in [6, 6.07) is 6.16. The summed E-state index contributed by atoms with van der Waals surface area (Å²) in [6.07, 6.45) is 3.90. The molecule has 0 N–H and O–H groups in total. The fourth-order valence-corrected chi connectivity index (χ4v) is 1.28. The first-order valence-electron chi connectivity index (χ1n) is 3.81. The van der Waals surface area contributed by atoms with Crippen LogP contribution < -0.4 is 0 Å². The maximum Gasteiger partial charge on any atom is 0.139 e. The Bertz CT molecular complexity index is 324. The van der Waals surface area contributed by atoms with Crippen LogP contribution in [0.1, 0.15) is 6.92 Å². The monoisotopic (exact) mass is 146 g/mol. The average Bonchev–Trinajstić information content (AvgIpc) is 2.50. The van der Waals surface area contributed by atoms with Crippen LogP contribution >= 0.6 is 0 Å². The molecule has 0 radical (unpaired) electrons. The molecule has 0 atom stereocenters. The fraction of sp³-hybridized carbons (Fsp3) is 0.222. The molecule has 0 aromatic heterocycles. The maximum absolute atomic E-state index is 4.25. The third-order valence-electron chi connectivity index (χ3n) is 1.86. The second kappa shape index (κ2) is 2.38. The number of nitrogens with zero attached hydrogens (tertiary/aromatic N) is 2. The van der Waals surface area contributed by atoms with E-state index in [2.05, 4.69) is 28.7 Å². The molecule has 2 nitrogen and oxygen atoms in total. The van der Waals surface area contributed by atoms with Gasteiger partial charge in [0.2, 0.25) is 0 Å². The molecule has 56 valence electrons. The van der Waals surface area contributed by atoms with E-state index in [0.29, 0.717) is 0 Å². The van der Waals surface area contributed by atoms with Crippen molar-refractivity contribution >= 4 is 0 Å². The second-order valence-corrected chi connectivity index (χ2v) is 2.52. The Morgan fingerprint density at radius 1 is 1.45 bits per heavy atom. The van der Waals surface area contributed by atoms with Gasteiger partial charge in [-0.2, -0.15) is 0 Å². The summed E-state index contributed by atoms with van der Waals surface area (Å²) < 4.78 is 2.13. The van der Waals surface area contributed by atoms with E-state index >= 15 is 0 Å². The maximum atomic E-state index is 4.25. The molecule has 11 heavy (non-hydrogen) atoms. The molecule has 2 aliphatic rings. The van der Waals surface area contributed by atoms with E-state index in [0.717, 1.165) is 12.4 Å². The van der Waals surface area contributed by atoms with Crippen molar-refractivity contribution in [2.75, 3.05) is 0 Å². The highest BCUT2D eigenvalue weighted by Gasteiger charge is 2.04. The summed E-state index contributed by atoms with van der Waals surface area (Å²) in [5.41, 5.74) is 1.22. The minimum atomic E-state index is 0.981. The number of aryl methyl sites for hydroxylation is 1. The van der Waals surface area contributed by atoms with E-state index in [-0.39, 0.29) is 0 Å². The van der Waals surface area contributed by atoms with Crippen molar-refractivity contribution < 1.29 is 0 Å². The zero-order valence-corrected chi connectivity index (χ0v) is 6.49. The quantitative estimate of drug-likeness (QED) is 0.601. The smallest absolute Gasteiger partial charge is 0.139 e. The second-order valence-electron chi connectivity index (χ2n) is 2.52. The van der Waals surface area contributed by atoms with E-state index in [4.69, 9.17) is 0 Å². The summed E-state index contributed by atoms with van der Waals surface area (Å²) in [5, 5.41) is 0. The topological polar surface area (TPSA) is 17.8 Å². The molecule has 0 aliphatic carbocycles. The molecule has 2 heteroatoms. The van der Waals surface area contributed by atoms with Gasteiger partial charge in [0.15, 0.2) is 0 Å². The Labute approximate surface area is 65.8 Å². The number of fused-ring (bicyclic) bond motifs is 1. The standard InChI is InChI=1S/C9H10N2/c1-2-11-7-3-4-8-5-6-10-9(8)11/h3-7H,2H2,1H3. The molecule has 2 aliphatic heterocycles. The Morgan fingerprint density at radius 3 is 3.18 bits per heavy atom. The Hall–Kier alpha value is -1.31. The summed E-state index contributed by atoms with van der Waals surface area (Å²) in [6.45, 7) is 3.10. The summed E-state index contributed by atoms with van der Waals surface area (Å²) >= 11 is 0. The van der Waals surface area contributed by atoms with Gasteiger partial charge in [-0.15, -0.1) is 0 Å². The highest BCUT2D eigenvalue weighted by atomic mass is 15.0. The van der Waals surface area contributed by atoms with Crippen molar-refractivity contribution in [2.45, 2.75) is 13.5 Å². The van der Waals surface area contributed by atoms with Crippen molar-refractivity contribution in [3.63, 3.8) is 0 Å². The third kappa shape index (κ3) is 0.909. The van der Waals surface area contributed by atoms with Gasteiger partial charge in [0.1, 0.15) is 5.82 Å². The van der Waals surface area contributed by atoms with Crippen LogP contribution in [-0.4, -0.2) is 9.55 Å². The van der Waals surface area contributed by atoms with Crippen LogP contribution in [0.3, 0.4) is 0 Å². The predicted molar refractivity (Wildman–Crippen MR) is 44.5 cm³/mol. The molecule has 0 saturated heterocycles. The molecule has 0 saturated carbocycles. The van der Waals surface area contributed by atoms with Crippen LogP contribution in [0.15, 0.2) is 30.6 Å². The highest BCUT2D eigenvalue weighted by Crippen LogP contribution is 2.18. The van der Waals surface area contributed by atoms with Crippen molar-refractivity contribution in [3.05, 3.63) is 30.6 Å². The van der Waals surface area contributed by atoms with E-state index in [1.165, 1.54) is 5.56 Å². The van der Waals surface area contributed by atoms with E-state index in [9.17, 15) is 0 Å². The molecule has 0 amide bonds. The number of pyridine rings is 1. The van der Waals surface area contributed by atoms with Crippen LogP contribution in [-0.2, 0) is 6.54 Å². The number of rotatable bonds is 1. The van der Waals surface area contributed by atoms with Gasteiger partial charge in [0, 0.05) is 24.5 Å². The molecule has 2 rings (SSSR count). The predicted octanol–water partition coefficient (Wildman–Crippen LogP) is 2.01. The molecule has 0 fully saturated rings. The Kier molecular flexibility index (Phi) is 1.39. The Morgan fingerprint density at radius 2 is 2.36 bits per heavy atom. The molecular weight excluding hydrogens is 136 g/mol. The summed E-state index contributed by atoms with van der Waals surface area (Å²) in [4.78, 5) is 4.25. The van der Waals surface area contributed by atoms with Crippen LogP contribution in [0.5, 0.6) is 0 Å². The first-order valence-corrected chi connectivity index (χ1v) is 3.81. The molecule has 0 aromatic rings. The van der Waals surface area contributed by atoms with Gasteiger partial charge >= 0.3 is 0 Å². The van der Waals surface area contributed by atoms with Crippen molar-refractivity contribution in [3.8, 4) is 11.4 Å². The van der Waals surface area contributed by atoms with E-state index in [1.807, 2.05) is 18.3 Å². The third-order valence-corrected chi connectivity index (χ3v) is 1.86. The number of aromatic nitrogens is 2. The van der Waals surface area contributed by atoms with Crippen molar-refractivity contribution in [2.24, 2.45) is 0 Å². The van der Waals surface area contributed by atoms with Gasteiger partial charge in [-0.05, 0) is 25.1 Å². The lowest BCUT2D eigenvalue weighted by molar-refractivity contribution is 0.752. The van der Waals surface area contributed by atoms with Gasteiger partial charge in [-0.3, -0.25) is 0 Å². The van der Waals surface area contributed by atoms with Gasteiger partial charge < -0.3 is 4.57 Å². The van der Waals surface area contributed by atoms with Gasteiger partial charge in [0.05, 0.1) is 0 Å². The van der Waals surface area contributed by atoms with Gasteiger partial charge in [-0.25, -0.2) is 4.98 Å². The molecular formula is C9H10N2. The van der Waals surface area contributed by atoms with E-state index < -0.39 is 0 Å². The average molecular weight is 146 g/mol. The first kappa shape index (κ1) is 6.40. The lowest BCUT2D eigenvalue weighted by atomic mass is 10.2. The molecule has 0 bridgehead atoms. The minimum Gasteiger partial charge on any atom is -0.333 e. The van der Waals surface area contributed by atoms with Crippen molar-refractivity contribution in [1.29, 1.82) is 0 Å². The van der Waals surface area contributed by atoms with Crippen LogP contribution in [0.4, 0.5) is 0 Å². The van der Waals surface area contributed by atoms with Crippen LogP contribution in [0, 0.1) is 0 Å². The molecule has 0 aromatic carbocycles. The largest absolute Gasteiger partial charge is 0.333 e. The fourth-order valence-electron chi connectivity index (χ4n) is 1.28. The zero-order valence-electron chi connectivity index (χ0n) is 6.49. The molecule has 0 unspecified atom stereocenters. The van der Waals surface area contributed by atoms with Gasteiger partial charge in [0.25, 0.3) is 0 Å². The lowest BCUT2D eigenvalue weighted by Crippen LogP contribution is -1.99. The van der Waals surface area contributed by atoms with Crippen molar-refractivity contribution in [1.82, 2.24) is 9.55 Å². The summed E-state index contributed by atoms with van der Waals surface area (Å²) in [5.74, 6) is 1.08.